The number of methoxy groups -OCH3 is 1. The van der Waals surface area contributed by atoms with Crippen molar-refractivity contribution in [3.8, 4) is 5.75 Å². The first-order valence-corrected chi connectivity index (χ1v) is 8.14. The van der Waals surface area contributed by atoms with E-state index in [1.165, 1.54) is 0 Å². The monoisotopic (exact) mass is 346 g/mol. The van der Waals surface area contributed by atoms with E-state index in [1.807, 2.05) is 30.0 Å². The predicted molar refractivity (Wildman–Crippen MR) is 92.9 cm³/mol. The van der Waals surface area contributed by atoms with E-state index in [9.17, 15) is 4.79 Å². The van der Waals surface area contributed by atoms with Crippen molar-refractivity contribution >= 4 is 23.3 Å². The van der Waals surface area contributed by atoms with Gasteiger partial charge in [0.25, 0.3) is 5.91 Å². The molecule has 0 radical (unpaired) electrons. The average Bonchev–Trinajstić information content (AvgIpc) is 2.60. The lowest BCUT2D eigenvalue weighted by Gasteiger charge is -2.35. The van der Waals surface area contributed by atoms with Crippen LogP contribution in [0.3, 0.4) is 0 Å². The van der Waals surface area contributed by atoms with Gasteiger partial charge in [0.15, 0.2) is 0 Å². The normalized spacial score (nSPS) is 14.6. The third-order valence-corrected chi connectivity index (χ3v) is 4.19. The molecule has 1 aliphatic rings. The number of benzene rings is 1. The Hall–Kier alpha value is -2.34. The number of halogens is 1. The van der Waals surface area contributed by atoms with Crippen molar-refractivity contribution in [3.63, 3.8) is 0 Å². The zero-order valence-corrected chi connectivity index (χ0v) is 14.5. The zero-order chi connectivity index (χ0) is 17.1. The molecule has 0 aliphatic carbocycles. The highest BCUT2D eigenvalue weighted by atomic mass is 35.5. The molecule has 1 saturated heterocycles. The van der Waals surface area contributed by atoms with Gasteiger partial charge in [-0.2, -0.15) is 0 Å². The second kappa shape index (κ2) is 7.05. The maximum atomic E-state index is 12.6. The molecule has 1 fully saturated rings. The van der Waals surface area contributed by atoms with E-state index in [2.05, 4.69) is 14.9 Å². The summed E-state index contributed by atoms with van der Waals surface area (Å²) < 4.78 is 5.18. The lowest BCUT2D eigenvalue weighted by molar-refractivity contribution is 0.0746. The number of piperazine rings is 1. The Morgan fingerprint density at radius 1 is 1.17 bits per heavy atom. The van der Waals surface area contributed by atoms with Crippen molar-refractivity contribution in [3.05, 3.63) is 46.9 Å². The van der Waals surface area contributed by atoms with E-state index in [4.69, 9.17) is 16.3 Å². The summed E-state index contributed by atoms with van der Waals surface area (Å²) in [6.45, 7) is 4.51. The molecule has 6 nitrogen and oxygen atoms in total. The van der Waals surface area contributed by atoms with Crippen LogP contribution in [-0.2, 0) is 0 Å². The van der Waals surface area contributed by atoms with Gasteiger partial charge in [-0.05, 0) is 25.1 Å². The Balaban J connectivity index is 1.67. The number of hydrogen-bond acceptors (Lipinski definition) is 5. The summed E-state index contributed by atoms with van der Waals surface area (Å²) in [5.41, 5.74) is 0.642. The molecule has 3 rings (SSSR count). The van der Waals surface area contributed by atoms with Crippen LogP contribution in [0.1, 0.15) is 16.2 Å². The number of aromatic nitrogens is 2. The number of anilines is 1. The average molecular weight is 347 g/mol. The van der Waals surface area contributed by atoms with E-state index < -0.39 is 0 Å². The molecule has 0 N–H and O–H groups in total. The zero-order valence-electron chi connectivity index (χ0n) is 13.7. The lowest BCUT2D eigenvalue weighted by atomic mass is 10.1. The van der Waals surface area contributed by atoms with Gasteiger partial charge < -0.3 is 14.5 Å². The quantitative estimate of drug-likeness (QED) is 0.799. The minimum Gasteiger partial charge on any atom is -0.497 e. The van der Waals surface area contributed by atoms with Crippen molar-refractivity contribution in [2.75, 3.05) is 38.2 Å². The summed E-state index contributed by atoms with van der Waals surface area (Å²) in [7, 11) is 1.59. The molecule has 0 saturated carbocycles. The second-order valence-electron chi connectivity index (χ2n) is 5.61. The maximum absolute atomic E-state index is 12.6. The number of rotatable bonds is 3. The molecule has 0 spiro atoms. The highest BCUT2D eigenvalue weighted by molar-refractivity contribution is 6.29. The Bertz CT molecular complexity index is 725. The third-order valence-electron chi connectivity index (χ3n) is 4.00. The van der Waals surface area contributed by atoms with Crippen molar-refractivity contribution in [2.24, 2.45) is 0 Å². The lowest BCUT2D eigenvalue weighted by Crippen LogP contribution is -2.49. The van der Waals surface area contributed by atoms with Gasteiger partial charge in [0.2, 0.25) is 0 Å². The first-order chi connectivity index (χ1) is 11.6. The van der Waals surface area contributed by atoms with Crippen LogP contribution >= 0.6 is 11.6 Å². The van der Waals surface area contributed by atoms with Crippen LogP contribution < -0.4 is 9.64 Å². The van der Waals surface area contributed by atoms with Gasteiger partial charge in [-0.1, -0.05) is 17.7 Å². The number of nitrogens with zero attached hydrogens (tertiary/aromatic N) is 4. The van der Waals surface area contributed by atoms with Gasteiger partial charge in [-0.3, -0.25) is 4.79 Å². The maximum Gasteiger partial charge on any atom is 0.254 e. The fraction of sp³-hybridized carbons (Fsp3) is 0.353. The smallest absolute Gasteiger partial charge is 0.254 e. The van der Waals surface area contributed by atoms with Crippen LogP contribution in [0.2, 0.25) is 5.15 Å². The van der Waals surface area contributed by atoms with Gasteiger partial charge in [0.05, 0.1) is 7.11 Å². The standard InChI is InChI=1S/C17H19ClN4O2/c1-12-19-15(18)11-16(20-12)21-6-8-22(9-7-21)17(23)13-4-3-5-14(10-13)24-2/h3-5,10-11H,6-9H2,1-2H3. The number of aryl methyl sites for hydroxylation is 1. The first-order valence-electron chi connectivity index (χ1n) is 7.76. The van der Waals surface area contributed by atoms with Crippen molar-refractivity contribution < 1.29 is 9.53 Å². The molecule has 2 aromatic rings. The van der Waals surface area contributed by atoms with E-state index in [0.717, 1.165) is 5.82 Å². The number of ether oxygens (including phenoxy) is 1. The SMILES string of the molecule is COc1cccc(C(=O)N2CCN(c3cc(Cl)nc(C)n3)CC2)c1. The van der Waals surface area contributed by atoms with Crippen LogP contribution in [0.4, 0.5) is 5.82 Å². The van der Waals surface area contributed by atoms with Crippen molar-refractivity contribution in [1.82, 2.24) is 14.9 Å². The molecular weight excluding hydrogens is 328 g/mol. The first kappa shape index (κ1) is 16.5. The Labute approximate surface area is 146 Å². The molecule has 0 atom stereocenters. The van der Waals surface area contributed by atoms with E-state index in [-0.39, 0.29) is 5.91 Å². The summed E-state index contributed by atoms with van der Waals surface area (Å²) in [6.07, 6.45) is 0. The molecule has 126 valence electrons. The molecule has 1 aliphatic heterocycles. The van der Waals surface area contributed by atoms with Gasteiger partial charge >= 0.3 is 0 Å². The van der Waals surface area contributed by atoms with Gasteiger partial charge in [-0.25, -0.2) is 9.97 Å². The molecule has 1 aromatic carbocycles. The van der Waals surface area contributed by atoms with E-state index in [1.54, 1.807) is 19.2 Å². The second-order valence-corrected chi connectivity index (χ2v) is 5.99. The number of carbonyl (C=O) groups is 1. The molecule has 0 unspecified atom stereocenters. The summed E-state index contributed by atoms with van der Waals surface area (Å²) in [5, 5.41) is 0.437. The molecule has 1 amide bonds. The van der Waals surface area contributed by atoms with Gasteiger partial charge in [0, 0.05) is 37.8 Å². The molecule has 7 heteroatoms. The van der Waals surface area contributed by atoms with Crippen LogP contribution in [0, 0.1) is 6.92 Å². The summed E-state index contributed by atoms with van der Waals surface area (Å²) in [5.74, 6) is 2.16. The topological polar surface area (TPSA) is 58.6 Å². The highest BCUT2D eigenvalue weighted by Gasteiger charge is 2.23. The minimum atomic E-state index is 0.0189. The Morgan fingerprint density at radius 2 is 1.92 bits per heavy atom. The summed E-state index contributed by atoms with van der Waals surface area (Å²) in [4.78, 5) is 25.1. The summed E-state index contributed by atoms with van der Waals surface area (Å²) in [6, 6.07) is 8.99. The number of hydrogen-bond donors (Lipinski definition) is 0. The van der Waals surface area contributed by atoms with Gasteiger partial charge in [0.1, 0.15) is 22.5 Å². The van der Waals surface area contributed by atoms with Crippen molar-refractivity contribution in [1.29, 1.82) is 0 Å². The Morgan fingerprint density at radius 3 is 2.58 bits per heavy atom. The van der Waals surface area contributed by atoms with Crippen LogP contribution in [0.25, 0.3) is 0 Å². The predicted octanol–water partition coefficient (Wildman–Crippen LogP) is 2.41. The van der Waals surface area contributed by atoms with Crippen LogP contribution in [-0.4, -0.2) is 54.1 Å². The Kier molecular flexibility index (Phi) is 4.85. The number of amides is 1. The van der Waals surface area contributed by atoms with Crippen LogP contribution in [0.5, 0.6) is 5.75 Å². The van der Waals surface area contributed by atoms with Crippen molar-refractivity contribution in [2.45, 2.75) is 6.92 Å². The third kappa shape index (κ3) is 3.59. The molecular formula is C17H19ClN4O2. The molecule has 0 bridgehead atoms. The fourth-order valence-electron chi connectivity index (χ4n) is 2.76. The highest BCUT2D eigenvalue weighted by Crippen LogP contribution is 2.19. The molecule has 24 heavy (non-hydrogen) atoms. The number of carbonyl (C=O) groups excluding carboxylic acids is 1. The van der Waals surface area contributed by atoms with E-state index in [0.29, 0.717) is 48.5 Å². The van der Waals surface area contributed by atoms with Crippen LogP contribution in [0.15, 0.2) is 30.3 Å². The molecule has 1 aromatic heterocycles. The fourth-order valence-corrected chi connectivity index (χ4v) is 2.98. The largest absolute Gasteiger partial charge is 0.497 e. The minimum absolute atomic E-state index is 0.0189. The molecule has 2 heterocycles. The summed E-state index contributed by atoms with van der Waals surface area (Å²) >= 11 is 6.00. The van der Waals surface area contributed by atoms with E-state index >= 15 is 0 Å². The van der Waals surface area contributed by atoms with Gasteiger partial charge in [-0.15, -0.1) is 0 Å².